The smallest absolute Gasteiger partial charge is 0.430 e. The molecule has 2 N–H and O–H groups in total. The van der Waals surface area contributed by atoms with Crippen molar-refractivity contribution in [3.05, 3.63) is 0 Å². The molecule has 0 aliphatic heterocycles. The molecule has 0 aliphatic rings. The summed E-state index contributed by atoms with van der Waals surface area (Å²) in [7, 11) is 0. The van der Waals surface area contributed by atoms with Gasteiger partial charge in [-0.25, -0.2) is 0 Å². The first-order chi connectivity index (χ1) is 16.7. The molecule has 0 aromatic heterocycles. The van der Waals surface area contributed by atoms with Crippen LogP contribution in [0.4, 0.5) is 52.7 Å². The number of ether oxygens (including phenoxy) is 2. The number of halogens is 12. The molecular weight excluding hydrogens is 576 g/mol. The van der Waals surface area contributed by atoms with Gasteiger partial charge in [-0.1, -0.05) is 13.8 Å². The van der Waals surface area contributed by atoms with E-state index in [4.69, 9.17) is 0 Å². The SMILES string of the molecule is CCC(C)(CC(C)C(=O)OC(C)(C)C(O)(C(F)(F)F)C(F)(F)F)C(=O)OC(C)(C)C(O)(C(F)(F)F)C(F)(F)F. The van der Waals surface area contributed by atoms with E-state index in [0.717, 1.165) is 20.8 Å². The van der Waals surface area contributed by atoms with Crippen LogP contribution in [-0.4, -0.2) is 69.3 Å². The van der Waals surface area contributed by atoms with Gasteiger partial charge < -0.3 is 19.7 Å². The fourth-order valence-electron chi connectivity index (χ4n) is 3.67. The van der Waals surface area contributed by atoms with Gasteiger partial charge in [-0.2, -0.15) is 52.7 Å². The topological polar surface area (TPSA) is 93.1 Å². The summed E-state index contributed by atoms with van der Waals surface area (Å²) in [4.78, 5) is 25.1. The summed E-state index contributed by atoms with van der Waals surface area (Å²) in [6, 6.07) is 0. The van der Waals surface area contributed by atoms with Crippen molar-refractivity contribution in [2.24, 2.45) is 11.3 Å². The number of hydrogen-bond acceptors (Lipinski definition) is 6. The number of esters is 2. The highest BCUT2D eigenvalue weighted by atomic mass is 19.4. The lowest BCUT2D eigenvalue weighted by molar-refractivity contribution is -0.408. The van der Waals surface area contributed by atoms with E-state index in [1.165, 1.54) is 0 Å². The van der Waals surface area contributed by atoms with Gasteiger partial charge in [-0.05, 0) is 47.5 Å². The number of rotatable bonds is 9. The van der Waals surface area contributed by atoms with Crippen molar-refractivity contribution in [1.82, 2.24) is 0 Å². The molecule has 0 rings (SSSR count). The molecule has 0 amide bonds. The van der Waals surface area contributed by atoms with Crippen LogP contribution in [-0.2, 0) is 19.1 Å². The van der Waals surface area contributed by atoms with Gasteiger partial charge >= 0.3 is 36.6 Å². The summed E-state index contributed by atoms with van der Waals surface area (Å²) >= 11 is 0. The lowest BCUT2D eigenvalue weighted by Crippen LogP contribution is -2.70. The number of carbonyl (C=O) groups is 2. The summed E-state index contributed by atoms with van der Waals surface area (Å²) in [6.07, 6.45) is -27.0. The standard InChI is InChI=1S/C21H28F12O6/c1-8-15(7,12(35)39-14(5,6)17(37,20(28,29)30)21(31,32)33)9-10(2)11(34)38-13(3,4)16(36,18(22,23)24)19(25,26)27/h10,36-37H,8-9H2,1-7H3. The first kappa shape index (κ1) is 37.0. The third-order valence-electron chi connectivity index (χ3n) is 6.52. The molecule has 0 saturated carbocycles. The molecule has 2 unspecified atom stereocenters. The van der Waals surface area contributed by atoms with Gasteiger partial charge in [0.05, 0.1) is 11.3 Å². The predicted molar refractivity (Wildman–Crippen MR) is 107 cm³/mol. The van der Waals surface area contributed by atoms with Crippen molar-refractivity contribution >= 4 is 11.9 Å². The van der Waals surface area contributed by atoms with Crippen LogP contribution in [0, 0.1) is 11.3 Å². The molecule has 2 atom stereocenters. The van der Waals surface area contributed by atoms with E-state index >= 15 is 0 Å². The van der Waals surface area contributed by atoms with Gasteiger partial charge in [0.1, 0.15) is 0 Å². The number of hydrogen-bond donors (Lipinski definition) is 2. The molecule has 0 bridgehead atoms. The fraction of sp³-hybridized carbons (Fsp3) is 0.905. The molecule has 0 saturated heterocycles. The second-order valence-electron chi connectivity index (χ2n) is 10.3. The van der Waals surface area contributed by atoms with Crippen molar-refractivity contribution in [1.29, 1.82) is 0 Å². The average Bonchev–Trinajstić information content (AvgIpc) is 2.67. The van der Waals surface area contributed by atoms with E-state index in [0.29, 0.717) is 0 Å². The van der Waals surface area contributed by atoms with Crippen molar-refractivity contribution in [2.75, 3.05) is 0 Å². The minimum absolute atomic E-state index is 0.101. The minimum Gasteiger partial charge on any atom is -0.456 e. The summed E-state index contributed by atoms with van der Waals surface area (Å²) < 4.78 is 167. The Balaban J connectivity index is 6.17. The van der Waals surface area contributed by atoms with Crippen LogP contribution >= 0.6 is 0 Å². The lowest BCUT2D eigenvalue weighted by Gasteiger charge is -2.45. The Bertz CT molecular complexity index is 873. The van der Waals surface area contributed by atoms with Gasteiger partial charge in [0.15, 0.2) is 11.2 Å². The average molecular weight is 604 g/mol. The Kier molecular flexibility index (Phi) is 9.92. The van der Waals surface area contributed by atoms with E-state index < -0.39 is 83.2 Å². The third kappa shape index (κ3) is 6.51. The van der Waals surface area contributed by atoms with E-state index in [1.54, 1.807) is 0 Å². The Labute approximate surface area is 214 Å². The Morgan fingerprint density at radius 1 is 0.641 bits per heavy atom. The van der Waals surface area contributed by atoms with Crippen molar-refractivity contribution < 1.29 is 82.0 Å². The van der Waals surface area contributed by atoms with Crippen LogP contribution < -0.4 is 0 Å². The van der Waals surface area contributed by atoms with E-state index in [1.807, 2.05) is 0 Å². The van der Waals surface area contributed by atoms with Crippen LogP contribution in [0.1, 0.15) is 61.3 Å². The quantitative estimate of drug-likeness (QED) is 0.256. The third-order valence-corrected chi connectivity index (χ3v) is 6.52. The van der Waals surface area contributed by atoms with Gasteiger partial charge in [0.2, 0.25) is 0 Å². The maximum absolute atomic E-state index is 13.3. The second-order valence-corrected chi connectivity index (χ2v) is 10.3. The van der Waals surface area contributed by atoms with Crippen LogP contribution in [0.25, 0.3) is 0 Å². The molecule has 0 aromatic carbocycles. The summed E-state index contributed by atoms with van der Waals surface area (Å²) in [5.74, 6) is -5.46. The molecular formula is C21H28F12O6. The zero-order valence-corrected chi connectivity index (χ0v) is 21.6. The highest BCUT2D eigenvalue weighted by molar-refractivity contribution is 5.79. The monoisotopic (exact) mass is 604 g/mol. The van der Waals surface area contributed by atoms with E-state index in [2.05, 4.69) is 9.47 Å². The van der Waals surface area contributed by atoms with E-state index in [-0.39, 0.29) is 27.7 Å². The second kappa shape index (κ2) is 10.4. The Hall–Kier alpha value is -1.98. The molecule has 0 aromatic rings. The maximum atomic E-state index is 13.3. The van der Waals surface area contributed by atoms with E-state index in [9.17, 15) is 72.5 Å². The van der Waals surface area contributed by atoms with Gasteiger partial charge in [0, 0.05) is 0 Å². The molecule has 0 aliphatic carbocycles. The Morgan fingerprint density at radius 2 is 0.923 bits per heavy atom. The predicted octanol–water partition coefficient (Wildman–Crippen LogP) is 5.78. The van der Waals surface area contributed by atoms with Crippen molar-refractivity contribution in [2.45, 2.75) is 108 Å². The first-order valence-electron chi connectivity index (χ1n) is 10.9. The molecule has 232 valence electrons. The molecule has 0 spiro atoms. The molecule has 6 nitrogen and oxygen atoms in total. The van der Waals surface area contributed by atoms with Crippen LogP contribution in [0.2, 0.25) is 0 Å². The minimum atomic E-state index is -6.39. The summed E-state index contributed by atoms with van der Waals surface area (Å²) in [6.45, 7) is 3.28. The maximum Gasteiger partial charge on any atom is 0.430 e. The normalized spacial score (nSPS) is 17.4. The first-order valence-corrected chi connectivity index (χ1v) is 10.9. The van der Waals surface area contributed by atoms with Crippen LogP contribution in [0.3, 0.4) is 0 Å². The van der Waals surface area contributed by atoms with Crippen LogP contribution in [0.5, 0.6) is 0 Å². The van der Waals surface area contributed by atoms with Gasteiger partial charge in [0.25, 0.3) is 11.2 Å². The zero-order chi connectivity index (χ0) is 32.1. The van der Waals surface area contributed by atoms with Crippen molar-refractivity contribution in [3.8, 4) is 0 Å². The number of alkyl halides is 12. The van der Waals surface area contributed by atoms with Crippen LogP contribution in [0.15, 0.2) is 0 Å². The number of aliphatic hydroxyl groups is 2. The van der Waals surface area contributed by atoms with Gasteiger partial charge in [-0.3, -0.25) is 9.59 Å². The molecule has 18 heteroatoms. The molecule has 0 fully saturated rings. The largest absolute Gasteiger partial charge is 0.456 e. The highest BCUT2D eigenvalue weighted by Gasteiger charge is 2.80. The molecule has 0 radical (unpaired) electrons. The Morgan fingerprint density at radius 3 is 1.18 bits per heavy atom. The number of carbonyl (C=O) groups excluding carboxylic acids is 2. The summed E-state index contributed by atoms with van der Waals surface area (Å²) in [5, 5.41) is 19.1. The lowest BCUT2D eigenvalue weighted by atomic mass is 9.78. The molecule has 39 heavy (non-hydrogen) atoms. The fourth-order valence-corrected chi connectivity index (χ4v) is 3.67. The highest BCUT2D eigenvalue weighted by Crippen LogP contribution is 2.52. The van der Waals surface area contributed by atoms with Crippen molar-refractivity contribution in [3.63, 3.8) is 0 Å². The zero-order valence-electron chi connectivity index (χ0n) is 21.6. The van der Waals surface area contributed by atoms with Gasteiger partial charge in [-0.15, -0.1) is 0 Å². The summed E-state index contributed by atoms with van der Waals surface area (Å²) in [5.41, 5.74) is -20.7. The molecule has 0 heterocycles.